The molecular formula is C16H26N2O5. The van der Waals surface area contributed by atoms with Crippen molar-refractivity contribution >= 4 is 18.0 Å². The number of carbonyl (C=O) groups is 3. The van der Waals surface area contributed by atoms with Crippen LogP contribution in [0.2, 0.25) is 0 Å². The van der Waals surface area contributed by atoms with Gasteiger partial charge in [-0.1, -0.05) is 0 Å². The van der Waals surface area contributed by atoms with Crippen molar-refractivity contribution < 1.29 is 24.2 Å². The first-order valence-electron chi connectivity index (χ1n) is 7.95. The molecule has 0 unspecified atom stereocenters. The van der Waals surface area contributed by atoms with Gasteiger partial charge in [-0.25, -0.2) is 9.59 Å². The van der Waals surface area contributed by atoms with E-state index in [-0.39, 0.29) is 11.3 Å². The topological polar surface area (TPSA) is 87.2 Å². The molecule has 2 amide bonds. The molecule has 2 fully saturated rings. The summed E-state index contributed by atoms with van der Waals surface area (Å²) in [4.78, 5) is 38.9. The van der Waals surface area contributed by atoms with Gasteiger partial charge in [-0.15, -0.1) is 0 Å². The van der Waals surface area contributed by atoms with Gasteiger partial charge in [0.2, 0.25) is 5.91 Å². The number of hydrogen-bond donors (Lipinski definition) is 1. The largest absolute Gasteiger partial charge is 0.480 e. The molecule has 2 atom stereocenters. The molecular weight excluding hydrogens is 300 g/mol. The second kappa shape index (κ2) is 5.69. The summed E-state index contributed by atoms with van der Waals surface area (Å²) >= 11 is 0. The number of amides is 2. The molecule has 1 saturated carbocycles. The van der Waals surface area contributed by atoms with Gasteiger partial charge in [0.25, 0.3) is 0 Å². The number of carbonyl (C=O) groups excluding carboxylic acids is 2. The van der Waals surface area contributed by atoms with Crippen LogP contribution in [0.3, 0.4) is 0 Å². The van der Waals surface area contributed by atoms with Gasteiger partial charge >= 0.3 is 12.1 Å². The number of carboxylic acids is 1. The maximum Gasteiger partial charge on any atom is 0.410 e. The summed E-state index contributed by atoms with van der Waals surface area (Å²) in [6.45, 7) is 7.33. The Labute approximate surface area is 136 Å². The number of hydrogen-bond acceptors (Lipinski definition) is 4. The van der Waals surface area contributed by atoms with Crippen LogP contribution in [0.4, 0.5) is 4.79 Å². The first kappa shape index (κ1) is 17.6. The first-order valence-corrected chi connectivity index (χ1v) is 7.95. The fourth-order valence-electron chi connectivity index (χ4n) is 2.95. The van der Waals surface area contributed by atoms with Gasteiger partial charge in [-0.3, -0.25) is 9.69 Å². The van der Waals surface area contributed by atoms with Crippen molar-refractivity contribution in [1.82, 2.24) is 9.80 Å². The number of nitrogens with zero attached hydrogens (tertiary/aromatic N) is 2. The van der Waals surface area contributed by atoms with Gasteiger partial charge in [-0.2, -0.15) is 0 Å². The average Bonchev–Trinajstić information content (AvgIpc) is 3.05. The monoisotopic (exact) mass is 326 g/mol. The minimum atomic E-state index is -0.978. The number of ether oxygens (including phenoxy) is 1. The van der Waals surface area contributed by atoms with E-state index < -0.39 is 29.7 Å². The van der Waals surface area contributed by atoms with E-state index in [1.807, 2.05) is 0 Å². The van der Waals surface area contributed by atoms with E-state index in [1.54, 1.807) is 27.7 Å². The Morgan fingerprint density at radius 3 is 2.30 bits per heavy atom. The van der Waals surface area contributed by atoms with Crippen LogP contribution in [-0.4, -0.2) is 64.2 Å². The summed E-state index contributed by atoms with van der Waals surface area (Å²) < 4.78 is 5.26. The van der Waals surface area contributed by atoms with E-state index in [0.29, 0.717) is 13.0 Å². The Kier molecular flexibility index (Phi) is 4.34. The highest BCUT2D eigenvalue weighted by Gasteiger charge is 2.56. The number of rotatable bonds is 3. The summed E-state index contributed by atoms with van der Waals surface area (Å²) in [7, 11) is 1.50. The molecule has 2 aliphatic rings. The molecule has 1 N–H and O–H groups in total. The van der Waals surface area contributed by atoms with Gasteiger partial charge in [-0.05, 0) is 52.4 Å². The van der Waals surface area contributed by atoms with Gasteiger partial charge < -0.3 is 14.7 Å². The maximum atomic E-state index is 12.7. The van der Waals surface area contributed by atoms with Crippen molar-refractivity contribution in [2.24, 2.45) is 5.41 Å². The molecule has 23 heavy (non-hydrogen) atoms. The Morgan fingerprint density at radius 2 is 1.87 bits per heavy atom. The average molecular weight is 326 g/mol. The molecule has 1 aliphatic carbocycles. The third kappa shape index (κ3) is 3.76. The predicted octanol–water partition coefficient (Wildman–Crippen LogP) is 1.71. The molecule has 0 bridgehead atoms. The zero-order chi connectivity index (χ0) is 17.6. The molecule has 7 nitrogen and oxygen atoms in total. The highest BCUT2D eigenvalue weighted by Crippen LogP contribution is 2.54. The van der Waals surface area contributed by atoms with E-state index in [0.717, 1.165) is 12.8 Å². The Balaban J connectivity index is 2.06. The third-order valence-electron chi connectivity index (χ3n) is 4.65. The summed E-state index contributed by atoms with van der Waals surface area (Å²) in [5.74, 6) is -1.32. The van der Waals surface area contributed by atoms with Crippen molar-refractivity contribution in [2.45, 2.75) is 64.6 Å². The second-order valence-electron chi connectivity index (χ2n) is 7.79. The lowest BCUT2D eigenvalue weighted by molar-refractivity contribution is -0.149. The van der Waals surface area contributed by atoms with Crippen molar-refractivity contribution in [1.29, 1.82) is 0 Å². The van der Waals surface area contributed by atoms with Crippen LogP contribution in [0.1, 0.15) is 47.0 Å². The Bertz CT molecular complexity index is 521. The van der Waals surface area contributed by atoms with Gasteiger partial charge in [0, 0.05) is 13.6 Å². The van der Waals surface area contributed by atoms with Crippen LogP contribution in [0.25, 0.3) is 0 Å². The van der Waals surface area contributed by atoms with Crippen molar-refractivity contribution in [3.05, 3.63) is 0 Å². The van der Waals surface area contributed by atoms with Crippen molar-refractivity contribution in [2.75, 3.05) is 13.6 Å². The molecule has 0 aromatic rings. The van der Waals surface area contributed by atoms with Crippen LogP contribution >= 0.6 is 0 Å². The zero-order valence-electron chi connectivity index (χ0n) is 14.5. The molecule has 1 heterocycles. The van der Waals surface area contributed by atoms with Crippen LogP contribution < -0.4 is 0 Å². The highest BCUT2D eigenvalue weighted by atomic mass is 16.6. The predicted molar refractivity (Wildman–Crippen MR) is 82.9 cm³/mol. The van der Waals surface area contributed by atoms with Crippen molar-refractivity contribution in [3.63, 3.8) is 0 Å². The number of aliphatic carboxylic acids is 1. The number of carboxylic acid groups (broad SMARTS) is 1. The molecule has 7 heteroatoms. The minimum absolute atomic E-state index is 0.0110. The molecule has 1 spiro atoms. The number of likely N-dealkylation sites (tertiary alicyclic amines) is 1. The molecule has 130 valence electrons. The highest BCUT2D eigenvalue weighted by molar-refractivity contribution is 5.89. The third-order valence-corrected chi connectivity index (χ3v) is 4.65. The van der Waals surface area contributed by atoms with Crippen LogP contribution in [0.5, 0.6) is 0 Å². The van der Waals surface area contributed by atoms with Gasteiger partial charge in [0.15, 0.2) is 0 Å². The van der Waals surface area contributed by atoms with E-state index in [4.69, 9.17) is 4.74 Å². The summed E-state index contributed by atoms with van der Waals surface area (Å²) in [6.07, 6.45) is 1.86. The zero-order valence-corrected chi connectivity index (χ0v) is 14.5. The molecule has 0 radical (unpaired) electrons. The standard InChI is InChI=1S/C16H26N2O5/c1-10(17(5)14(22)23-15(2,3)4)12(19)18-9-16(6-7-16)8-11(18)13(20)21/h10-11H,6-9H2,1-5H3,(H,20,21)/t10-,11-/m0/s1. The second-order valence-corrected chi connectivity index (χ2v) is 7.79. The summed E-state index contributed by atoms with van der Waals surface area (Å²) in [6, 6.07) is -1.56. The SMILES string of the molecule is C[C@@H](C(=O)N1CC2(CC2)C[C@H]1C(=O)O)N(C)C(=O)OC(C)(C)C. The van der Waals surface area contributed by atoms with E-state index in [1.165, 1.54) is 16.8 Å². The Hall–Kier alpha value is -1.79. The lowest BCUT2D eigenvalue weighted by Gasteiger charge is -2.31. The van der Waals surface area contributed by atoms with E-state index >= 15 is 0 Å². The molecule has 1 saturated heterocycles. The molecule has 0 aromatic carbocycles. The van der Waals surface area contributed by atoms with Crippen LogP contribution in [0, 0.1) is 5.41 Å². The normalized spacial score (nSPS) is 23.5. The van der Waals surface area contributed by atoms with E-state index in [9.17, 15) is 19.5 Å². The lowest BCUT2D eigenvalue weighted by Crippen LogP contribution is -2.51. The minimum Gasteiger partial charge on any atom is -0.480 e. The Morgan fingerprint density at radius 1 is 1.30 bits per heavy atom. The van der Waals surface area contributed by atoms with Gasteiger partial charge in [0.1, 0.15) is 17.7 Å². The quantitative estimate of drug-likeness (QED) is 0.853. The van der Waals surface area contributed by atoms with Crippen molar-refractivity contribution in [3.8, 4) is 0 Å². The summed E-state index contributed by atoms with van der Waals surface area (Å²) in [5, 5.41) is 9.38. The first-order chi connectivity index (χ1) is 10.5. The molecule has 1 aliphatic heterocycles. The number of likely N-dealkylation sites (N-methyl/N-ethyl adjacent to an activating group) is 1. The smallest absolute Gasteiger partial charge is 0.410 e. The van der Waals surface area contributed by atoms with Gasteiger partial charge in [0.05, 0.1) is 0 Å². The molecule has 2 rings (SSSR count). The van der Waals surface area contributed by atoms with Crippen LogP contribution in [-0.2, 0) is 14.3 Å². The van der Waals surface area contributed by atoms with E-state index in [2.05, 4.69) is 0 Å². The summed E-state index contributed by atoms with van der Waals surface area (Å²) in [5.41, 5.74) is -0.660. The fraction of sp³-hybridized carbons (Fsp3) is 0.812. The van der Waals surface area contributed by atoms with Crippen LogP contribution in [0.15, 0.2) is 0 Å². The molecule has 0 aromatic heterocycles. The fourth-order valence-corrected chi connectivity index (χ4v) is 2.95. The maximum absolute atomic E-state index is 12.7. The lowest BCUT2D eigenvalue weighted by atomic mass is 10.0.